The van der Waals surface area contributed by atoms with E-state index in [-0.39, 0.29) is 0 Å². The van der Waals surface area contributed by atoms with E-state index in [0.717, 1.165) is 0 Å². The van der Waals surface area contributed by atoms with Gasteiger partial charge in [-0.25, -0.2) is 0 Å². The van der Waals surface area contributed by atoms with Crippen molar-refractivity contribution in [2.75, 3.05) is 13.7 Å². The third kappa shape index (κ3) is 3.14. The fourth-order valence-corrected chi connectivity index (χ4v) is 0.488. The van der Waals surface area contributed by atoms with Gasteiger partial charge in [0.1, 0.15) is 0 Å². The normalized spacial score (nSPS) is 15.3. The number of nitrogens with two attached hydrogens (primary N) is 1. The largest absolute Gasteiger partial charge is 0.504 e. The molecule has 0 aliphatic rings. The van der Waals surface area contributed by atoms with Gasteiger partial charge < -0.3 is 10.5 Å². The van der Waals surface area contributed by atoms with Crippen molar-refractivity contribution < 1.29 is 4.74 Å². The summed E-state index contributed by atoms with van der Waals surface area (Å²) < 4.78 is 4.81. The summed E-state index contributed by atoms with van der Waals surface area (Å²) in [7, 11) is 1.65. The predicted molar refractivity (Wildman–Crippen MR) is 39.0 cm³/mol. The highest BCUT2D eigenvalue weighted by atomic mass is 16.5. The van der Waals surface area contributed by atoms with E-state index >= 15 is 0 Å². The van der Waals surface area contributed by atoms with Crippen LogP contribution in [0.2, 0.25) is 0 Å². The lowest BCUT2D eigenvalue weighted by Gasteiger charge is -2.06. The van der Waals surface area contributed by atoms with Gasteiger partial charge in [-0.15, -0.1) is 0 Å². The summed E-state index contributed by atoms with van der Waals surface area (Å²) in [6, 6.07) is 0. The molecule has 1 atom stereocenters. The summed E-state index contributed by atoms with van der Waals surface area (Å²) in [6.45, 7) is 4.78. The molecule has 2 N–H and O–H groups in total. The van der Waals surface area contributed by atoms with Crippen LogP contribution in [0.25, 0.3) is 0 Å². The molecule has 0 aromatic carbocycles. The molecule has 0 aromatic heterocycles. The van der Waals surface area contributed by atoms with Crippen LogP contribution in [0, 0.1) is 5.92 Å². The molecule has 2 heteroatoms. The third-order valence-corrected chi connectivity index (χ3v) is 1.43. The number of hydrogen-bond acceptors (Lipinski definition) is 2. The maximum Gasteiger partial charge on any atom is 0.0816 e. The maximum atomic E-state index is 5.41. The first-order chi connectivity index (χ1) is 4.22. The Morgan fingerprint density at radius 3 is 2.67 bits per heavy atom. The van der Waals surface area contributed by atoms with Gasteiger partial charge in [0.15, 0.2) is 0 Å². The Balaban J connectivity index is 3.70. The van der Waals surface area contributed by atoms with E-state index in [2.05, 4.69) is 6.92 Å². The van der Waals surface area contributed by atoms with Gasteiger partial charge in [0.2, 0.25) is 0 Å². The minimum Gasteiger partial charge on any atom is -0.504 e. The number of methoxy groups -OCH3 is 1. The minimum atomic E-state index is 0.435. The monoisotopic (exact) mass is 129 g/mol. The molecule has 0 heterocycles. The summed E-state index contributed by atoms with van der Waals surface area (Å²) in [5.41, 5.74) is 6.60. The van der Waals surface area contributed by atoms with E-state index in [9.17, 15) is 0 Å². The predicted octanol–water partition coefficient (Wildman–Crippen LogP) is 1.13. The molecule has 9 heavy (non-hydrogen) atoms. The Morgan fingerprint density at radius 1 is 1.78 bits per heavy atom. The van der Waals surface area contributed by atoms with Gasteiger partial charge >= 0.3 is 0 Å². The van der Waals surface area contributed by atoms with Crippen LogP contribution < -0.4 is 5.73 Å². The third-order valence-electron chi connectivity index (χ3n) is 1.43. The smallest absolute Gasteiger partial charge is 0.0816 e. The first-order valence-electron chi connectivity index (χ1n) is 3.12. The average molecular weight is 129 g/mol. The van der Waals surface area contributed by atoms with Crippen LogP contribution in [0.3, 0.4) is 0 Å². The molecule has 0 saturated heterocycles. The maximum absolute atomic E-state index is 5.41. The van der Waals surface area contributed by atoms with Crippen LogP contribution >= 0.6 is 0 Å². The number of hydrogen-bond donors (Lipinski definition) is 1. The Hall–Kier alpha value is -0.500. The molecule has 0 aromatic rings. The van der Waals surface area contributed by atoms with Crippen molar-refractivity contribution in [1.82, 2.24) is 0 Å². The topological polar surface area (TPSA) is 35.2 Å². The van der Waals surface area contributed by atoms with Crippen molar-refractivity contribution in [3.8, 4) is 0 Å². The van der Waals surface area contributed by atoms with Gasteiger partial charge in [0.25, 0.3) is 0 Å². The second-order valence-electron chi connectivity index (χ2n) is 2.23. The Labute approximate surface area is 56.7 Å². The van der Waals surface area contributed by atoms with E-state index < -0.39 is 0 Å². The lowest BCUT2D eigenvalue weighted by Crippen LogP contribution is -2.11. The van der Waals surface area contributed by atoms with Crippen molar-refractivity contribution in [2.24, 2.45) is 11.7 Å². The Kier molecular flexibility index (Phi) is 4.14. The first kappa shape index (κ1) is 8.50. The molecule has 0 radical (unpaired) electrons. The molecule has 0 amide bonds. The molecule has 2 nitrogen and oxygen atoms in total. The van der Waals surface area contributed by atoms with Crippen molar-refractivity contribution >= 4 is 0 Å². The van der Waals surface area contributed by atoms with Gasteiger partial charge in [0.05, 0.1) is 13.4 Å². The molecule has 0 rings (SSSR count). The zero-order valence-corrected chi connectivity index (χ0v) is 6.35. The lowest BCUT2D eigenvalue weighted by molar-refractivity contribution is 0.329. The Bertz CT molecular complexity index is 99.1. The van der Waals surface area contributed by atoms with Crippen LogP contribution in [0.5, 0.6) is 0 Å². The van der Waals surface area contributed by atoms with Gasteiger partial charge in [0, 0.05) is 0 Å². The van der Waals surface area contributed by atoms with Crippen molar-refractivity contribution in [3.63, 3.8) is 0 Å². The highest BCUT2D eigenvalue weighted by molar-refractivity contribution is 4.98. The second kappa shape index (κ2) is 4.39. The van der Waals surface area contributed by atoms with Crippen LogP contribution in [0.1, 0.15) is 13.8 Å². The van der Waals surface area contributed by atoms with Crippen LogP contribution in [-0.2, 0) is 4.74 Å². The summed E-state index contributed by atoms with van der Waals surface area (Å²) in [5, 5.41) is 0. The molecule has 0 fully saturated rings. The van der Waals surface area contributed by atoms with Crippen molar-refractivity contribution in [1.29, 1.82) is 0 Å². The average Bonchev–Trinajstić information content (AvgIpc) is 1.87. The summed E-state index contributed by atoms with van der Waals surface area (Å²) in [6.07, 6.45) is 1.73. The van der Waals surface area contributed by atoms with Crippen LogP contribution in [-0.4, -0.2) is 13.7 Å². The van der Waals surface area contributed by atoms with Gasteiger partial charge in [-0.1, -0.05) is 6.92 Å². The van der Waals surface area contributed by atoms with Crippen LogP contribution in [0.4, 0.5) is 0 Å². The fraction of sp³-hybridized carbons (Fsp3) is 0.714. The number of ether oxygens (including phenoxy) is 1. The summed E-state index contributed by atoms with van der Waals surface area (Å²) >= 11 is 0. The lowest BCUT2D eigenvalue weighted by atomic mass is 10.1. The molecule has 0 bridgehead atoms. The molecule has 0 aliphatic heterocycles. The van der Waals surface area contributed by atoms with Crippen molar-refractivity contribution in [3.05, 3.63) is 11.8 Å². The number of rotatable bonds is 3. The second-order valence-corrected chi connectivity index (χ2v) is 2.23. The molecular weight excluding hydrogens is 114 g/mol. The van der Waals surface area contributed by atoms with E-state index in [4.69, 9.17) is 10.5 Å². The molecule has 54 valence electrons. The highest BCUT2D eigenvalue weighted by Gasteiger charge is 1.99. The summed E-state index contributed by atoms with van der Waals surface area (Å²) in [4.78, 5) is 0. The SMILES string of the molecule is CO/C=C(/C)[C@H](C)CN. The standard InChI is InChI=1S/C7H15NO/c1-6(4-8)7(2)5-9-3/h5-6H,4,8H2,1-3H3/b7-5-/t6-/m1/s1. The zero-order chi connectivity index (χ0) is 7.28. The van der Waals surface area contributed by atoms with Gasteiger partial charge in [-0.3, -0.25) is 0 Å². The van der Waals surface area contributed by atoms with Crippen LogP contribution in [0.15, 0.2) is 11.8 Å². The molecule has 0 saturated carbocycles. The van der Waals surface area contributed by atoms with E-state index in [1.807, 2.05) is 6.92 Å². The quantitative estimate of drug-likeness (QED) is 0.580. The van der Waals surface area contributed by atoms with Crippen molar-refractivity contribution in [2.45, 2.75) is 13.8 Å². The fourth-order valence-electron chi connectivity index (χ4n) is 0.488. The highest BCUT2D eigenvalue weighted by Crippen LogP contribution is 2.06. The van der Waals surface area contributed by atoms with E-state index in [0.29, 0.717) is 12.5 Å². The van der Waals surface area contributed by atoms with E-state index in [1.165, 1.54) is 5.57 Å². The first-order valence-corrected chi connectivity index (χ1v) is 3.12. The zero-order valence-electron chi connectivity index (χ0n) is 6.35. The molecule has 0 spiro atoms. The molecule has 0 aliphatic carbocycles. The Morgan fingerprint density at radius 2 is 2.33 bits per heavy atom. The molecular formula is C7H15NO. The van der Waals surface area contributed by atoms with Gasteiger partial charge in [-0.05, 0) is 25.0 Å². The van der Waals surface area contributed by atoms with Gasteiger partial charge in [-0.2, -0.15) is 0 Å². The summed E-state index contributed by atoms with van der Waals surface area (Å²) in [5.74, 6) is 0.435. The minimum absolute atomic E-state index is 0.435. The molecule has 0 unspecified atom stereocenters. The van der Waals surface area contributed by atoms with E-state index in [1.54, 1.807) is 13.4 Å².